The lowest BCUT2D eigenvalue weighted by atomic mass is 10.2. The van der Waals surface area contributed by atoms with Crippen LogP contribution in [-0.4, -0.2) is 40.8 Å². The van der Waals surface area contributed by atoms with Gasteiger partial charge >= 0.3 is 0 Å². The Morgan fingerprint density at radius 2 is 2.35 bits per heavy atom. The van der Waals surface area contributed by atoms with E-state index in [9.17, 15) is 0 Å². The van der Waals surface area contributed by atoms with Crippen LogP contribution in [-0.2, 0) is 11.3 Å². The van der Waals surface area contributed by atoms with Gasteiger partial charge in [-0.3, -0.25) is 4.90 Å². The van der Waals surface area contributed by atoms with Crippen LogP contribution in [0.2, 0.25) is 0 Å². The first kappa shape index (κ1) is 12.6. The fourth-order valence-electron chi connectivity index (χ4n) is 2.68. The van der Waals surface area contributed by atoms with Crippen LogP contribution < -0.4 is 0 Å². The van der Waals surface area contributed by atoms with Crippen molar-refractivity contribution >= 4 is 0 Å². The molecule has 0 spiro atoms. The molecule has 4 heteroatoms. The quantitative estimate of drug-likeness (QED) is 0.785. The lowest BCUT2D eigenvalue weighted by Crippen LogP contribution is -2.32. The van der Waals surface area contributed by atoms with Crippen molar-refractivity contribution in [3.05, 3.63) is 18.2 Å². The van der Waals surface area contributed by atoms with Gasteiger partial charge in [-0.25, -0.2) is 4.98 Å². The van der Waals surface area contributed by atoms with E-state index in [1.165, 1.54) is 25.2 Å². The minimum absolute atomic E-state index is 0.488. The molecule has 1 aromatic rings. The van der Waals surface area contributed by atoms with Crippen LogP contribution in [0.5, 0.6) is 0 Å². The largest absolute Gasteiger partial charge is 0.383 e. The minimum atomic E-state index is 0.488. The van der Waals surface area contributed by atoms with E-state index >= 15 is 0 Å². The van der Waals surface area contributed by atoms with Gasteiger partial charge < -0.3 is 9.30 Å². The van der Waals surface area contributed by atoms with Gasteiger partial charge in [0.05, 0.1) is 12.6 Å². The highest BCUT2D eigenvalue weighted by Crippen LogP contribution is 2.32. The van der Waals surface area contributed by atoms with Crippen LogP contribution in [0.3, 0.4) is 0 Å². The molecule has 1 saturated heterocycles. The van der Waals surface area contributed by atoms with Gasteiger partial charge in [-0.15, -0.1) is 0 Å². The molecule has 1 atom stereocenters. The van der Waals surface area contributed by atoms with Gasteiger partial charge in [0.25, 0.3) is 0 Å². The predicted molar refractivity (Wildman–Crippen MR) is 67.9 cm³/mol. The molecule has 0 aliphatic carbocycles. The molecule has 2 rings (SSSR count). The second-order valence-electron chi connectivity index (χ2n) is 4.96. The summed E-state index contributed by atoms with van der Waals surface area (Å²) in [4.78, 5) is 7.10. The van der Waals surface area contributed by atoms with Crippen LogP contribution in [0.15, 0.2) is 12.4 Å². The van der Waals surface area contributed by atoms with Crippen molar-refractivity contribution in [3.8, 4) is 0 Å². The summed E-state index contributed by atoms with van der Waals surface area (Å²) < 4.78 is 7.38. The van der Waals surface area contributed by atoms with Gasteiger partial charge in [0.2, 0.25) is 0 Å². The summed E-state index contributed by atoms with van der Waals surface area (Å²) in [7, 11) is 1.74. The zero-order chi connectivity index (χ0) is 12.3. The fourth-order valence-corrected chi connectivity index (χ4v) is 2.68. The van der Waals surface area contributed by atoms with E-state index in [-0.39, 0.29) is 0 Å². The van der Waals surface area contributed by atoms with E-state index in [0.29, 0.717) is 12.1 Å². The molecule has 1 aliphatic rings. The van der Waals surface area contributed by atoms with E-state index < -0.39 is 0 Å². The molecule has 1 aliphatic heterocycles. The third-order valence-electron chi connectivity index (χ3n) is 3.54. The molecular weight excluding hydrogens is 214 g/mol. The average Bonchev–Trinajstić information content (AvgIpc) is 2.94. The first-order valence-corrected chi connectivity index (χ1v) is 6.49. The Labute approximate surface area is 104 Å². The Morgan fingerprint density at radius 1 is 1.53 bits per heavy atom. The van der Waals surface area contributed by atoms with Crippen molar-refractivity contribution in [1.29, 1.82) is 0 Å². The lowest BCUT2D eigenvalue weighted by Gasteiger charge is -2.28. The van der Waals surface area contributed by atoms with Crippen LogP contribution in [0.1, 0.15) is 38.6 Å². The molecule has 0 saturated carbocycles. The number of likely N-dealkylation sites (tertiary alicyclic amines) is 1. The summed E-state index contributed by atoms with van der Waals surface area (Å²) in [5, 5.41) is 0. The van der Waals surface area contributed by atoms with Crippen LogP contribution >= 0.6 is 0 Å². The molecule has 17 heavy (non-hydrogen) atoms. The number of aromatic nitrogens is 2. The molecule has 1 aromatic heterocycles. The van der Waals surface area contributed by atoms with Gasteiger partial charge in [0.15, 0.2) is 0 Å². The molecule has 4 nitrogen and oxygen atoms in total. The number of methoxy groups -OCH3 is 1. The number of imidazole rings is 1. The molecule has 0 bridgehead atoms. The van der Waals surface area contributed by atoms with Crippen LogP contribution in [0.4, 0.5) is 0 Å². The van der Waals surface area contributed by atoms with Gasteiger partial charge in [-0.05, 0) is 33.2 Å². The van der Waals surface area contributed by atoms with E-state index in [1.54, 1.807) is 7.11 Å². The Bertz CT molecular complexity index is 348. The molecule has 2 heterocycles. The van der Waals surface area contributed by atoms with Gasteiger partial charge in [0.1, 0.15) is 5.82 Å². The van der Waals surface area contributed by atoms with E-state index in [2.05, 4.69) is 34.5 Å². The zero-order valence-electron chi connectivity index (χ0n) is 11.1. The third-order valence-corrected chi connectivity index (χ3v) is 3.54. The van der Waals surface area contributed by atoms with Gasteiger partial charge in [-0.2, -0.15) is 0 Å². The van der Waals surface area contributed by atoms with Gasteiger partial charge in [-0.1, -0.05) is 0 Å². The van der Waals surface area contributed by atoms with E-state index in [0.717, 1.165) is 13.2 Å². The monoisotopic (exact) mass is 237 g/mol. The smallest absolute Gasteiger partial charge is 0.126 e. The number of hydrogen-bond donors (Lipinski definition) is 0. The van der Waals surface area contributed by atoms with Crippen molar-refractivity contribution < 1.29 is 4.74 Å². The summed E-state index contributed by atoms with van der Waals surface area (Å²) in [5.74, 6) is 1.20. The van der Waals surface area contributed by atoms with Crippen molar-refractivity contribution in [2.75, 3.05) is 20.3 Å². The highest BCUT2D eigenvalue weighted by molar-refractivity contribution is 5.03. The zero-order valence-corrected chi connectivity index (χ0v) is 11.1. The summed E-state index contributed by atoms with van der Waals surface area (Å²) in [6, 6.07) is 1.08. The first-order valence-electron chi connectivity index (χ1n) is 6.49. The Balaban J connectivity index is 2.12. The lowest BCUT2D eigenvalue weighted by molar-refractivity contribution is 0.174. The summed E-state index contributed by atoms with van der Waals surface area (Å²) in [5.41, 5.74) is 0. The molecular formula is C13H23N3O. The van der Waals surface area contributed by atoms with Crippen LogP contribution in [0.25, 0.3) is 0 Å². The molecule has 0 amide bonds. The maximum Gasteiger partial charge on any atom is 0.126 e. The molecule has 1 fully saturated rings. The van der Waals surface area contributed by atoms with Crippen molar-refractivity contribution in [2.45, 2.75) is 45.3 Å². The fraction of sp³-hybridized carbons (Fsp3) is 0.769. The second kappa shape index (κ2) is 5.65. The standard InChI is InChI=1S/C13H23N3O/c1-11(2)16-7-4-5-12(16)13-14-6-8-15(13)9-10-17-3/h6,8,11-12H,4-5,7,9-10H2,1-3H3. The highest BCUT2D eigenvalue weighted by Gasteiger charge is 2.30. The Kier molecular flexibility index (Phi) is 4.18. The highest BCUT2D eigenvalue weighted by atomic mass is 16.5. The Hall–Kier alpha value is -0.870. The molecule has 0 N–H and O–H groups in total. The molecule has 0 aromatic carbocycles. The summed E-state index contributed by atoms with van der Waals surface area (Å²) >= 11 is 0. The topological polar surface area (TPSA) is 30.3 Å². The van der Waals surface area contributed by atoms with Gasteiger partial charge in [0, 0.05) is 32.1 Å². The second-order valence-corrected chi connectivity index (χ2v) is 4.96. The SMILES string of the molecule is COCCn1ccnc1C1CCCN1C(C)C. The number of nitrogens with zero attached hydrogens (tertiary/aromatic N) is 3. The molecule has 1 unspecified atom stereocenters. The maximum atomic E-state index is 5.14. The van der Waals surface area contributed by atoms with E-state index in [4.69, 9.17) is 4.74 Å². The minimum Gasteiger partial charge on any atom is -0.383 e. The average molecular weight is 237 g/mol. The molecule has 96 valence electrons. The maximum absolute atomic E-state index is 5.14. The number of rotatable bonds is 5. The number of hydrogen-bond acceptors (Lipinski definition) is 3. The summed E-state index contributed by atoms with van der Waals surface area (Å²) in [6.45, 7) is 7.37. The van der Waals surface area contributed by atoms with Crippen molar-refractivity contribution in [3.63, 3.8) is 0 Å². The predicted octanol–water partition coefficient (Wildman–Crippen LogP) is 2.07. The molecule has 0 radical (unpaired) electrons. The van der Waals surface area contributed by atoms with E-state index in [1.807, 2.05) is 6.20 Å². The summed E-state index contributed by atoms with van der Waals surface area (Å²) in [6.07, 6.45) is 6.47. The number of ether oxygens (including phenoxy) is 1. The first-order chi connectivity index (χ1) is 8.24. The van der Waals surface area contributed by atoms with Crippen LogP contribution in [0, 0.1) is 0 Å². The van der Waals surface area contributed by atoms with Crippen molar-refractivity contribution in [2.24, 2.45) is 0 Å². The normalized spacial score (nSPS) is 21.5. The Morgan fingerprint density at radius 3 is 3.06 bits per heavy atom. The van der Waals surface area contributed by atoms with Crippen molar-refractivity contribution in [1.82, 2.24) is 14.5 Å². The third kappa shape index (κ3) is 2.69.